The molecule has 2 aromatic carbocycles. The van der Waals surface area contributed by atoms with Crippen LogP contribution in [0.25, 0.3) is 22.5 Å². The lowest BCUT2D eigenvalue weighted by atomic mass is 10.0. The number of hydrogen-bond acceptors (Lipinski definition) is 4. The minimum absolute atomic E-state index is 0.0288. The van der Waals surface area contributed by atoms with Gasteiger partial charge in [0, 0.05) is 18.0 Å². The molecule has 0 aliphatic carbocycles. The molecule has 0 radical (unpaired) electrons. The summed E-state index contributed by atoms with van der Waals surface area (Å²) in [6.45, 7) is 2.96. The fourth-order valence-electron chi connectivity index (χ4n) is 4.14. The Balaban J connectivity index is 1.44. The van der Waals surface area contributed by atoms with Crippen LogP contribution in [0.4, 0.5) is 0 Å². The summed E-state index contributed by atoms with van der Waals surface area (Å²) < 4.78 is 13.7. The van der Waals surface area contributed by atoms with Crippen molar-refractivity contribution in [1.82, 2.24) is 9.55 Å². The molecule has 2 aliphatic rings. The van der Waals surface area contributed by atoms with Crippen LogP contribution in [0.1, 0.15) is 11.6 Å². The molecule has 0 bridgehead atoms. The lowest BCUT2D eigenvalue weighted by molar-refractivity contribution is 0.0172. The smallest absolute Gasteiger partial charge is 0.140 e. The van der Waals surface area contributed by atoms with Gasteiger partial charge in [0.1, 0.15) is 24.1 Å². The van der Waals surface area contributed by atoms with Gasteiger partial charge in [0.25, 0.3) is 0 Å². The zero-order chi connectivity index (χ0) is 18.4. The van der Waals surface area contributed by atoms with Gasteiger partial charge in [-0.15, -0.1) is 0 Å². The van der Waals surface area contributed by atoms with E-state index < -0.39 is 6.10 Å². The summed E-state index contributed by atoms with van der Waals surface area (Å²) in [5.74, 6) is 0.894. The van der Waals surface area contributed by atoms with Crippen molar-refractivity contribution in [2.75, 3.05) is 13.2 Å². The molecule has 3 heterocycles. The number of aliphatic hydroxyl groups excluding tert-OH is 1. The second kappa shape index (κ2) is 6.60. The van der Waals surface area contributed by atoms with Crippen molar-refractivity contribution in [1.29, 1.82) is 0 Å². The minimum atomic E-state index is -0.541. The van der Waals surface area contributed by atoms with Crippen LogP contribution in [0.5, 0.6) is 0 Å². The Labute approximate surface area is 158 Å². The summed E-state index contributed by atoms with van der Waals surface area (Å²) in [5, 5.41) is 9.98. The molecule has 2 aliphatic heterocycles. The largest absolute Gasteiger partial charge is 0.388 e. The Bertz CT molecular complexity index is 950. The third-order valence-electron chi connectivity index (χ3n) is 5.52. The maximum absolute atomic E-state index is 9.98. The number of aryl methyl sites for hydroxylation is 1. The zero-order valence-electron chi connectivity index (χ0n) is 15.2. The number of rotatable bonds is 3. The van der Waals surface area contributed by atoms with E-state index in [0.29, 0.717) is 13.2 Å². The highest BCUT2D eigenvalue weighted by molar-refractivity contribution is 5.68. The van der Waals surface area contributed by atoms with Gasteiger partial charge >= 0.3 is 0 Å². The maximum atomic E-state index is 9.98. The number of aromatic nitrogens is 2. The van der Waals surface area contributed by atoms with Gasteiger partial charge < -0.3 is 19.1 Å². The number of imidazole rings is 1. The standard InChI is InChI=1S/C22H22N2O3/c1-14-3-2-4-17(11-14)15-5-7-16(8-6-15)22-23-9-10-24(22)18-12-26-21-19(25)13-27-20(18)21/h2-11,18-21,25H,12-13H2,1H3/t18-,19-,20-,21-/m1/s1. The van der Waals surface area contributed by atoms with Crippen molar-refractivity contribution in [3.63, 3.8) is 0 Å². The summed E-state index contributed by atoms with van der Waals surface area (Å²) in [7, 11) is 0. The summed E-state index contributed by atoms with van der Waals surface area (Å²) in [6, 6.07) is 17.0. The second-order valence-corrected chi connectivity index (χ2v) is 7.34. The van der Waals surface area contributed by atoms with Crippen molar-refractivity contribution in [3.8, 4) is 22.5 Å². The van der Waals surface area contributed by atoms with Crippen LogP contribution >= 0.6 is 0 Å². The van der Waals surface area contributed by atoms with Crippen LogP contribution in [-0.2, 0) is 9.47 Å². The Morgan fingerprint density at radius 3 is 2.56 bits per heavy atom. The highest BCUT2D eigenvalue weighted by Crippen LogP contribution is 2.36. The molecule has 5 rings (SSSR count). The third kappa shape index (κ3) is 2.88. The Kier molecular flexibility index (Phi) is 4.08. The van der Waals surface area contributed by atoms with Gasteiger partial charge in [-0.2, -0.15) is 0 Å². The Morgan fingerprint density at radius 2 is 1.74 bits per heavy atom. The Morgan fingerprint density at radius 1 is 0.963 bits per heavy atom. The highest BCUT2D eigenvalue weighted by Gasteiger charge is 2.48. The van der Waals surface area contributed by atoms with Crippen molar-refractivity contribution in [2.45, 2.75) is 31.3 Å². The first-order valence-electron chi connectivity index (χ1n) is 9.32. The van der Waals surface area contributed by atoms with Crippen LogP contribution in [0.2, 0.25) is 0 Å². The van der Waals surface area contributed by atoms with E-state index in [2.05, 4.69) is 65.0 Å². The molecule has 27 heavy (non-hydrogen) atoms. The molecule has 0 unspecified atom stereocenters. The molecule has 0 saturated carbocycles. The SMILES string of the molecule is Cc1cccc(-c2ccc(-c3nccn3[C@@H]3CO[C@H]4[C@@H]3OC[C@H]4O)cc2)c1. The number of fused-ring (bicyclic) bond motifs is 1. The first-order valence-corrected chi connectivity index (χ1v) is 9.32. The highest BCUT2D eigenvalue weighted by atomic mass is 16.6. The summed E-state index contributed by atoms with van der Waals surface area (Å²) >= 11 is 0. The minimum Gasteiger partial charge on any atom is -0.388 e. The number of aliphatic hydroxyl groups is 1. The fourth-order valence-corrected chi connectivity index (χ4v) is 4.14. The molecular formula is C22H22N2O3. The second-order valence-electron chi connectivity index (χ2n) is 7.34. The first-order chi connectivity index (χ1) is 13.2. The van der Waals surface area contributed by atoms with Crippen LogP contribution in [0, 0.1) is 6.92 Å². The number of nitrogens with zero attached hydrogens (tertiary/aromatic N) is 2. The number of hydrogen-bond donors (Lipinski definition) is 1. The predicted octanol–water partition coefficient (Wildman–Crippen LogP) is 3.23. The third-order valence-corrected chi connectivity index (χ3v) is 5.52. The molecule has 5 heteroatoms. The average molecular weight is 362 g/mol. The van der Waals surface area contributed by atoms with Crippen LogP contribution in [0.15, 0.2) is 60.9 Å². The van der Waals surface area contributed by atoms with E-state index in [4.69, 9.17) is 9.47 Å². The lowest BCUT2D eigenvalue weighted by Gasteiger charge is -2.19. The zero-order valence-corrected chi connectivity index (χ0v) is 15.2. The average Bonchev–Trinajstić information content (AvgIpc) is 3.40. The van der Waals surface area contributed by atoms with Crippen molar-refractivity contribution >= 4 is 0 Å². The lowest BCUT2D eigenvalue weighted by Crippen LogP contribution is -2.30. The van der Waals surface area contributed by atoms with Crippen molar-refractivity contribution < 1.29 is 14.6 Å². The molecule has 2 saturated heterocycles. The van der Waals surface area contributed by atoms with E-state index in [9.17, 15) is 5.11 Å². The van der Waals surface area contributed by atoms with E-state index in [1.807, 2.05) is 12.4 Å². The van der Waals surface area contributed by atoms with Gasteiger partial charge in [-0.1, -0.05) is 54.1 Å². The van der Waals surface area contributed by atoms with Crippen LogP contribution in [-0.4, -0.2) is 46.2 Å². The van der Waals surface area contributed by atoms with E-state index in [-0.39, 0.29) is 18.2 Å². The van der Waals surface area contributed by atoms with Gasteiger partial charge in [-0.3, -0.25) is 0 Å². The van der Waals surface area contributed by atoms with E-state index >= 15 is 0 Å². The summed E-state index contributed by atoms with van der Waals surface area (Å²) in [4.78, 5) is 4.57. The van der Waals surface area contributed by atoms with E-state index in [1.54, 1.807) is 0 Å². The number of benzene rings is 2. The fraction of sp³-hybridized carbons (Fsp3) is 0.318. The Hall–Kier alpha value is -2.47. The van der Waals surface area contributed by atoms with Gasteiger partial charge in [0.15, 0.2) is 0 Å². The normalized spacial score (nSPS) is 27.0. The van der Waals surface area contributed by atoms with E-state index in [0.717, 1.165) is 11.4 Å². The summed E-state index contributed by atoms with van der Waals surface area (Å²) in [5.41, 5.74) is 4.71. The van der Waals surface area contributed by atoms with E-state index in [1.165, 1.54) is 16.7 Å². The molecule has 3 aromatic rings. The number of ether oxygens (including phenoxy) is 2. The first kappa shape index (κ1) is 16.7. The maximum Gasteiger partial charge on any atom is 0.140 e. The van der Waals surface area contributed by atoms with Gasteiger partial charge in [-0.05, 0) is 18.1 Å². The predicted molar refractivity (Wildman–Crippen MR) is 102 cm³/mol. The van der Waals surface area contributed by atoms with Crippen LogP contribution in [0.3, 0.4) is 0 Å². The van der Waals surface area contributed by atoms with Crippen molar-refractivity contribution in [3.05, 3.63) is 66.5 Å². The molecular weight excluding hydrogens is 340 g/mol. The van der Waals surface area contributed by atoms with Gasteiger partial charge in [0.2, 0.25) is 0 Å². The quantitative estimate of drug-likeness (QED) is 0.777. The molecule has 1 aromatic heterocycles. The molecule has 5 nitrogen and oxygen atoms in total. The summed E-state index contributed by atoms with van der Waals surface area (Å²) in [6.07, 6.45) is 2.87. The van der Waals surface area contributed by atoms with Crippen molar-refractivity contribution in [2.24, 2.45) is 0 Å². The molecule has 0 amide bonds. The van der Waals surface area contributed by atoms with Gasteiger partial charge in [-0.25, -0.2) is 4.98 Å². The monoisotopic (exact) mass is 362 g/mol. The molecule has 0 spiro atoms. The molecule has 138 valence electrons. The molecule has 2 fully saturated rings. The van der Waals surface area contributed by atoms with Crippen LogP contribution < -0.4 is 0 Å². The molecule has 4 atom stereocenters. The van der Waals surface area contributed by atoms with Gasteiger partial charge in [0.05, 0.1) is 19.3 Å². The molecule has 1 N–H and O–H groups in total. The topological polar surface area (TPSA) is 56.5 Å².